The maximum absolute atomic E-state index is 13.0. The third kappa shape index (κ3) is 4.95. The number of carbonyl (C=O) groups excluding carboxylic acids is 1. The Labute approximate surface area is 152 Å². The van der Waals surface area contributed by atoms with Gasteiger partial charge in [-0.15, -0.1) is 0 Å². The number of rotatable bonds is 5. The van der Waals surface area contributed by atoms with E-state index in [9.17, 15) is 18.0 Å². The molecule has 0 saturated carbocycles. The molecule has 1 aromatic heterocycles. The molecule has 1 aliphatic rings. The number of ether oxygens (including phenoxy) is 1. The smallest absolute Gasteiger partial charge is 0.379 e. The largest absolute Gasteiger partial charge is 0.436 e. The van der Waals surface area contributed by atoms with Gasteiger partial charge in [-0.2, -0.15) is 18.3 Å². The van der Waals surface area contributed by atoms with Crippen molar-refractivity contribution in [2.45, 2.75) is 39.0 Å². The van der Waals surface area contributed by atoms with Gasteiger partial charge in [-0.05, 0) is 36.7 Å². The van der Waals surface area contributed by atoms with E-state index in [1.807, 2.05) is 6.92 Å². The molecule has 2 atom stereocenters. The summed E-state index contributed by atoms with van der Waals surface area (Å²) in [6.07, 6.45) is -4.57. The molecule has 1 aliphatic heterocycles. The van der Waals surface area contributed by atoms with Crippen LogP contribution in [0.15, 0.2) is 4.47 Å². The van der Waals surface area contributed by atoms with Crippen LogP contribution < -0.4 is 5.32 Å². The predicted molar refractivity (Wildman–Crippen MR) is 89.2 cm³/mol. The van der Waals surface area contributed by atoms with Crippen molar-refractivity contribution in [1.29, 1.82) is 0 Å². The lowest BCUT2D eigenvalue weighted by Crippen LogP contribution is -2.47. The van der Waals surface area contributed by atoms with Crippen LogP contribution in [-0.2, 0) is 15.7 Å². The van der Waals surface area contributed by atoms with Crippen LogP contribution in [0, 0.1) is 6.92 Å². The first-order chi connectivity index (χ1) is 11.6. The SMILES string of the molecule is Cc1c(Br)c(C(F)(F)F)nn1[C@H](C)C(=O)N[C@@H](C)CN1CCOCC1. The van der Waals surface area contributed by atoms with Crippen LogP contribution in [0.2, 0.25) is 0 Å². The number of hydrogen-bond donors (Lipinski definition) is 1. The third-order valence-electron chi connectivity index (χ3n) is 4.12. The van der Waals surface area contributed by atoms with E-state index in [1.165, 1.54) is 13.8 Å². The van der Waals surface area contributed by atoms with Crippen LogP contribution in [0.25, 0.3) is 0 Å². The maximum Gasteiger partial charge on any atom is 0.436 e. The van der Waals surface area contributed by atoms with Gasteiger partial charge in [0.25, 0.3) is 0 Å². The van der Waals surface area contributed by atoms with Crippen LogP contribution >= 0.6 is 15.9 Å². The summed E-state index contributed by atoms with van der Waals surface area (Å²) < 4.78 is 45.1. The molecule has 1 N–H and O–H groups in total. The first-order valence-electron chi connectivity index (χ1n) is 8.03. The minimum absolute atomic E-state index is 0.130. The highest BCUT2D eigenvalue weighted by Gasteiger charge is 2.39. The van der Waals surface area contributed by atoms with E-state index in [2.05, 4.69) is 31.2 Å². The fourth-order valence-electron chi connectivity index (χ4n) is 2.75. The van der Waals surface area contributed by atoms with Gasteiger partial charge in [0.2, 0.25) is 5.91 Å². The van der Waals surface area contributed by atoms with E-state index in [0.717, 1.165) is 17.8 Å². The van der Waals surface area contributed by atoms with E-state index in [-0.39, 0.29) is 22.1 Å². The van der Waals surface area contributed by atoms with Crippen LogP contribution in [0.3, 0.4) is 0 Å². The number of morpholine rings is 1. The standard InChI is InChI=1S/C15H22BrF3N4O2/c1-9(8-22-4-6-25-7-5-22)20-14(24)11(3)23-10(2)12(16)13(21-23)15(17,18)19/h9,11H,4-8H2,1-3H3,(H,20,24)/t9-,11+/m0/s1. The molecular weight excluding hydrogens is 405 g/mol. The van der Waals surface area contributed by atoms with Crippen molar-refractivity contribution in [2.24, 2.45) is 0 Å². The molecule has 1 fully saturated rings. The average molecular weight is 427 g/mol. The molecule has 0 aromatic carbocycles. The Morgan fingerprint density at radius 2 is 1.96 bits per heavy atom. The Bertz CT molecular complexity index is 615. The lowest BCUT2D eigenvalue weighted by molar-refractivity contribution is -0.142. The lowest BCUT2D eigenvalue weighted by atomic mass is 10.2. The predicted octanol–water partition coefficient (Wildman–Crippen LogP) is 2.37. The average Bonchev–Trinajstić information content (AvgIpc) is 2.83. The number of hydrogen-bond acceptors (Lipinski definition) is 4. The van der Waals surface area contributed by atoms with Crippen LogP contribution in [-0.4, -0.2) is 59.5 Å². The van der Waals surface area contributed by atoms with Gasteiger partial charge in [0.05, 0.1) is 23.4 Å². The summed E-state index contributed by atoms with van der Waals surface area (Å²) in [6, 6.07) is -0.978. The van der Waals surface area contributed by atoms with Crippen molar-refractivity contribution in [3.63, 3.8) is 0 Å². The Morgan fingerprint density at radius 1 is 1.36 bits per heavy atom. The molecule has 0 bridgehead atoms. The first kappa shape index (κ1) is 20.2. The Kier molecular flexibility index (Phi) is 6.50. The molecule has 2 rings (SSSR count). The molecule has 0 spiro atoms. The summed E-state index contributed by atoms with van der Waals surface area (Å²) >= 11 is 2.92. The molecule has 1 saturated heterocycles. The molecule has 142 valence electrons. The second-order valence-corrected chi connectivity index (χ2v) is 6.98. The van der Waals surface area contributed by atoms with Crippen molar-refractivity contribution in [3.05, 3.63) is 15.9 Å². The van der Waals surface area contributed by atoms with Crippen molar-refractivity contribution in [2.75, 3.05) is 32.8 Å². The summed E-state index contributed by atoms with van der Waals surface area (Å²) in [5, 5.41) is 6.42. The molecule has 0 aliphatic carbocycles. The number of aromatic nitrogens is 2. The van der Waals surface area contributed by atoms with Crippen molar-refractivity contribution >= 4 is 21.8 Å². The molecule has 6 nitrogen and oxygen atoms in total. The van der Waals surface area contributed by atoms with Gasteiger partial charge in [0, 0.05) is 25.7 Å². The van der Waals surface area contributed by atoms with E-state index in [0.29, 0.717) is 19.8 Å². The second-order valence-electron chi connectivity index (χ2n) is 6.19. The number of nitrogens with zero attached hydrogens (tertiary/aromatic N) is 3. The molecule has 2 heterocycles. The van der Waals surface area contributed by atoms with Gasteiger partial charge in [-0.3, -0.25) is 14.4 Å². The summed E-state index contributed by atoms with van der Waals surface area (Å²) in [5.74, 6) is -0.368. The number of amides is 1. The van der Waals surface area contributed by atoms with Crippen molar-refractivity contribution in [3.8, 4) is 0 Å². The van der Waals surface area contributed by atoms with Gasteiger partial charge in [-0.25, -0.2) is 0 Å². The zero-order chi connectivity index (χ0) is 18.8. The minimum atomic E-state index is -4.57. The monoisotopic (exact) mass is 426 g/mol. The molecule has 0 radical (unpaired) electrons. The number of nitrogens with one attached hydrogen (secondary N) is 1. The van der Waals surface area contributed by atoms with E-state index >= 15 is 0 Å². The first-order valence-corrected chi connectivity index (χ1v) is 8.82. The normalized spacial score (nSPS) is 18.8. The van der Waals surface area contributed by atoms with Gasteiger partial charge < -0.3 is 10.1 Å². The second kappa shape index (κ2) is 8.05. The fraction of sp³-hybridized carbons (Fsp3) is 0.733. The van der Waals surface area contributed by atoms with Gasteiger partial charge in [-0.1, -0.05) is 0 Å². The van der Waals surface area contributed by atoms with E-state index in [4.69, 9.17) is 4.74 Å². The quantitative estimate of drug-likeness (QED) is 0.784. The van der Waals surface area contributed by atoms with Gasteiger partial charge in [0.1, 0.15) is 6.04 Å². The van der Waals surface area contributed by atoms with Crippen LogP contribution in [0.4, 0.5) is 13.2 Å². The fourth-order valence-corrected chi connectivity index (χ4v) is 3.23. The van der Waals surface area contributed by atoms with Gasteiger partial charge >= 0.3 is 6.18 Å². The third-order valence-corrected chi connectivity index (χ3v) is 5.07. The maximum atomic E-state index is 13.0. The minimum Gasteiger partial charge on any atom is -0.379 e. The Hall–Kier alpha value is -1.13. The number of halogens is 4. The van der Waals surface area contributed by atoms with Crippen molar-refractivity contribution in [1.82, 2.24) is 20.0 Å². The zero-order valence-corrected chi connectivity index (χ0v) is 15.9. The molecule has 10 heteroatoms. The van der Waals surface area contributed by atoms with Crippen molar-refractivity contribution < 1.29 is 22.7 Å². The lowest BCUT2D eigenvalue weighted by Gasteiger charge is -2.29. The van der Waals surface area contributed by atoms with Crippen LogP contribution in [0.5, 0.6) is 0 Å². The highest BCUT2D eigenvalue weighted by Crippen LogP contribution is 2.36. The number of alkyl halides is 3. The molecule has 25 heavy (non-hydrogen) atoms. The molecule has 1 amide bonds. The molecular formula is C15H22BrF3N4O2. The summed E-state index contributed by atoms with van der Waals surface area (Å²) in [5.41, 5.74) is -0.762. The van der Waals surface area contributed by atoms with E-state index in [1.54, 1.807) is 0 Å². The highest BCUT2D eigenvalue weighted by atomic mass is 79.9. The summed E-state index contributed by atoms with van der Waals surface area (Å²) in [4.78, 5) is 14.6. The Morgan fingerprint density at radius 3 is 2.48 bits per heavy atom. The molecule has 1 aromatic rings. The van der Waals surface area contributed by atoms with E-state index < -0.39 is 17.9 Å². The number of carbonyl (C=O) groups is 1. The summed E-state index contributed by atoms with van der Waals surface area (Å²) in [6.45, 7) is 8.49. The van der Waals surface area contributed by atoms with Gasteiger partial charge in [0.15, 0.2) is 5.69 Å². The highest BCUT2D eigenvalue weighted by molar-refractivity contribution is 9.10. The van der Waals surface area contributed by atoms with Crippen LogP contribution in [0.1, 0.15) is 31.3 Å². The molecule has 0 unspecified atom stereocenters. The topological polar surface area (TPSA) is 59.4 Å². The Balaban J connectivity index is 2.02. The summed E-state index contributed by atoms with van der Waals surface area (Å²) in [7, 11) is 0. The zero-order valence-electron chi connectivity index (χ0n) is 14.4.